The van der Waals surface area contributed by atoms with Crippen LogP contribution in [0.25, 0.3) is 0 Å². The Balaban J connectivity index is 0.000000791. The Morgan fingerprint density at radius 1 is 1.14 bits per heavy atom. The smallest absolute Gasteiger partial charge is 0.146 e. The molecule has 80 valence electrons. The maximum absolute atomic E-state index is 5.44. The number of benzene rings is 1. The van der Waals surface area contributed by atoms with Gasteiger partial charge < -0.3 is 4.18 Å². The summed E-state index contributed by atoms with van der Waals surface area (Å²) in [5.74, 6) is 0.927. The summed E-state index contributed by atoms with van der Waals surface area (Å²) in [5, 5.41) is 0. The summed E-state index contributed by atoms with van der Waals surface area (Å²) in [6.07, 6.45) is 0. The van der Waals surface area contributed by atoms with Crippen LogP contribution in [0.3, 0.4) is 0 Å². The lowest BCUT2D eigenvalue weighted by atomic mass is 10.2. The van der Waals surface area contributed by atoms with Gasteiger partial charge >= 0.3 is 0 Å². The molecule has 2 nitrogen and oxygen atoms in total. The molecule has 0 aromatic heterocycles. The summed E-state index contributed by atoms with van der Waals surface area (Å²) in [6.45, 7) is 6.03. The topological polar surface area (TPSA) is 12.5 Å². The van der Waals surface area contributed by atoms with Gasteiger partial charge in [-0.3, -0.25) is 0 Å². The minimum atomic E-state index is 0.927. The van der Waals surface area contributed by atoms with Crippen LogP contribution in [-0.2, 0) is 0 Å². The Morgan fingerprint density at radius 2 is 1.71 bits per heavy atom. The molecule has 1 aromatic rings. The van der Waals surface area contributed by atoms with E-state index in [2.05, 4.69) is 0 Å². The fourth-order valence-electron chi connectivity index (χ4n) is 0.765. The summed E-state index contributed by atoms with van der Waals surface area (Å²) in [6, 6.07) is 7.97. The summed E-state index contributed by atoms with van der Waals surface area (Å²) in [7, 11) is 3.89. The molecule has 0 aliphatic rings. The lowest BCUT2D eigenvalue weighted by molar-refractivity contribution is 0.572. The van der Waals surface area contributed by atoms with Gasteiger partial charge in [0.1, 0.15) is 18.0 Å². The molecule has 3 heteroatoms. The Labute approximate surface area is 91.6 Å². The van der Waals surface area contributed by atoms with Crippen LogP contribution in [-0.4, -0.2) is 18.4 Å². The van der Waals surface area contributed by atoms with Crippen molar-refractivity contribution < 1.29 is 4.18 Å². The van der Waals surface area contributed by atoms with Crippen molar-refractivity contribution in [1.29, 1.82) is 0 Å². The number of para-hydroxylation sites is 1. The van der Waals surface area contributed by atoms with E-state index < -0.39 is 0 Å². The molecule has 1 rings (SSSR count). The molecule has 0 N–H and O–H groups in total. The van der Waals surface area contributed by atoms with E-state index in [1.165, 1.54) is 12.2 Å². The van der Waals surface area contributed by atoms with Crippen molar-refractivity contribution in [3.05, 3.63) is 29.8 Å². The number of nitrogens with zero attached hydrogens (tertiary/aromatic N) is 1. The van der Waals surface area contributed by atoms with Gasteiger partial charge in [0.2, 0.25) is 0 Å². The SMILES string of the molecule is CC.Cc1ccccc1OSN(C)C. The van der Waals surface area contributed by atoms with Crippen molar-refractivity contribution in [1.82, 2.24) is 4.31 Å². The van der Waals surface area contributed by atoms with Crippen LogP contribution in [0.1, 0.15) is 19.4 Å². The van der Waals surface area contributed by atoms with Crippen LogP contribution in [0.5, 0.6) is 5.75 Å². The third kappa shape index (κ3) is 5.14. The van der Waals surface area contributed by atoms with Gasteiger partial charge in [0.15, 0.2) is 0 Å². The number of aryl methyl sites for hydroxylation is 1. The molecule has 0 atom stereocenters. The molecular weight excluding hydrogens is 194 g/mol. The molecule has 0 aliphatic carbocycles. The second-order valence-corrected chi connectivity index (χ2v) is 3.78. The van der Waals surface area contributed by atoms with Crippen LogP contribution in [0.4, 0.5) is 0 Å². The maximum atomic E-state index is 5.44. The van der Waals surface area contributed by atoms with E-state index in [0.29, 0.717) is 0 Å². The largest absolute Gasteiger partial charge is 0.409 e. The number of hydrogen-bond acceptors (Lipinski definition) is 3. The van der Waals surface area contributed by atoms with Gasteiger partial charge in [0.25, 0.3) is 0 Å². The normalized spacial score (nSPS) is 9.29. The zero-order valence-corrected chi connectivity index (χ0v) is 10.4. The van der Waals surface area contributed by atoms with E-state index in [1.54, 1.807) is 0 Å². The van der Waals surface area contributed by atoms with Crippen molar-refractivity contribution in [2.24, 2.45) is 0 Å². The van der Waals surface area contributed by atoms with Crippen LogP contribution in [0, 0.1) is 6.92 Å². The van der Waals surface area contributed by atoms with Gasteiger partial charge in [-0.15, -0.1) is 0 Å². The highest BCUT2D eigenvalue weighted by atomic mass is 32.2. The van der Waals surface area contributed by atoms with E-state index in [1.807, 2.05) is 63.4 Å². The molecular formula is C11H19NOS. The molecule has 0 bridgehead atoms. The summed E-state index contributed by atoms with van der Waals surface area (Å²) in [4.78, 5) is 0. The lowest BCUT2D eigenvalue weighted by Crippen LogP contribution is -2.02. The first-order valence-electron chi connectivity index (χ1n) is 4.78. The Kier molecular flexibility index (Phi) is 7.34. The zero-order chi connectivity index (χ0) is 11.0. The maximum Gasteiger partial charge on any atom is 0.146 e. The highest BCUT2D eigenvalue weighted by Gasteiger charge is 1.98. The van der Waals surface area contributed by atoms with Crippen molar-refractivity contribution in [2.45, 2.75) is 20.8 Å². The summed E-state index contributed by atoms with van der Waals surface area (Å²) in [5.41, 5.74) is 1.16. The van der Waals surface area contributed by atoms with Crippen LogP contribution >= 0.6 is 12.2 Å². The molecule has 0 fully saturated rings. The average Bonchev–Trinajstić information content (AvgIpc) is 2.19. The molecule has 0 heterocycles. The fraction of sp³-hybridized carbons (Fsp3) is 0.455. The van der Waals surface area contributed by atoms with Crippen LogP contribution in [0.2, 0.25) is 0 Å². The lowest BCUT2D eigenvalue weighted by Gasteiger charge is -2.09. The first kappa shape index (κ1) is 13.3. The third-order valence-electron chi connectivity index (χ3n) is 1.37. The Bertz CT molecular complexity index is 251. The average molecular weight is 213 g/mol. The Hall–Kier alpha value is -0.670. The first-order valence-corrected chi connectivity index (χ1v) is 5.47. The quantitative estimate of drug-likeness (QED) is 0.563. The van der Waals surface area contributed by atoms with E-state index in [9.17, 15) is 0 Å². The second-order valence-electron chi connectivity index (χ2n) is 2.74. The van der Waals surface area contributed by atoms with Gasteiger partial charge in [-0.1, -0.05) is 32.0 Å². The van der Waals surface area contributed by atoms with Gasteiger partial charge in [-0.05, 0) is 18.6 Å². The van der Waals surface area contributed by atoms with Crippen molar-refractivity contribution in [3.8, 4) is 5.75 Å². The fourth-order valence-corrected chi connectivity index (χ4v) is 1.18. The minimum Gasteiger partial charge on any atom is -0.409 e. The van der Waals surface area contributed by atoms with E-state index in [4.69, 9.17) is 4.18 Å². The Morgan fingerprint density at radius 3 is 2.21 bits per heavy atom. The predicted octanol–water partition coefficient (Wildman–Crippen LogP) is 3.52. The molecule has 0 unspecified atom stereocenters. The van der Waals surface area contributed by atoms with Crippen LogP contribution < -0.4 is 4.18 Å². The molecule has 0 radical (unpaired) electrons. The standard InChI is InChI=1S/C9H13NOS.C2H6/c1-8-6-4-5-7-9(8)11-12-10(2)3;1-2/h4-7H,1-3H3;1-2H3. The van der Waals surface area contributed by atoms with Crippen molar-refractivity contribution >= 4 is 12.2 Å². The van der Waals surface area contributed by atoms with Gasteiger partial charge in [-0.25, -0.2) is 4.31 Å². The highest BCUT2D eigenvalue weighted by Crippen LogP contribution is 2.21. The van der Waals surface area contributed by atoms with E-state index in [0.717, 1.165) is 11.3 Å². The molecule has 0 spiro atoms. The predicted molar refractivity (Wildman–Crippen MR) is 64.4 cm³/mol. The van der Waals surface area contributed by atoms with E-state index >= 15 is 0 Å². The van der Waals surface area contributed by atoms with Crippen molar-refractivity contribution in [3.63, 3.8) is 0 Å². The molecule has 0 aliphatic heterocycles. The molecule has 0 amide bonds. The summed E-state index contributed by atoms with van der Waals surface area (Å²) < 4.78 is 7.35. The van der Waals surface area contributed by atoms with E-state index in [-0.39, 0.29) is 0 Å². The number of rotatable bonds is 3. The van der Waals surface area contributed by atoms with Gasteiger partial charge in [-0.2, -0.15) is 0 Å². The molecule has 1 aromatic carbocycles. The van der Waals surface area contributed by atoms with Gasteiger partial charge in [0.05, 0.1) is 0 Å². The number of hydrogen-bond donors (Lipinski definition) is 0. The highest BCUT2D eigenvalue weighted by molar-refractivity contribution is 7.92. The van der Waals surface area contributed by atoms with Gasteiger partial charge in [0, 0.05) is 14.1 Å². The third-order valence-corrected chi connectivity index (χ3v) is 1.92. The molecule has 0 saturated heterocycles. The monoisotopic (exact) mass is 213 g/mol. The minimum absolute atomic E-state index is 0.927. The second kappa shape index (κ2) is 7.71. The first-order chi connectivity index (χ1) is 6.70. The molecule has 0 saturated carbocycles. The summed E-state index contributed by atoms with van der Waals surface area (Å²) >= 11 is 1.33. The zero-order valence-electron chi connectivity index (χ0n) is 9.57. The van der Waals surface area contributed by atoms with Crippen LogP contribution in [0.15, 0.2) is 24.3 Å². The van der Waals surface area contributed by atoms with Crippen molar-refractivity contribution in [2.75, 3.05) is 14.1 Å². The molecule has 14 heavy (non-hydrogen) atoms.